The highest BCUT2D eigenvalue weighted by Gasteiger charge is 2.26. The molecular weight excluding hydrogens is 657 g/mol. The molecule has 9 aromatic rings. The molecule has 0 aliphatic rings. The zero-order chi connectivity index (χ0) is 34.1. The van der Waals surface area contributed by atoms with E-state index in [0.29, 0.717) is 0 Å². The average molecular weight is 689 g/mol. The van der Waals surface area contributed by atoms with Crippen LogP contribution in [-0.4, -0.2) is 4.98 Å². The molecule has 8 aromatic carbocycles. The van der Waals surface area contributed by atoms with E-state index in [0.717, 1.165) is 59.3 Å². The Kier molecular flexibility index (Phi) is 8.17. The second-order valence-electron chi connectivity index (χ2n) is 12.5. The molecule has 4 heteroatoms. The molecule has 0 saturated carbocycles. The second-order valence-corrected chi connectivity index (χ2v) is 14.0. The smallest absolute Gasteiger partial charge is 0.124 e. The lowest BCUT2D eigenvalue weighted by Gasteiger charge is -2.30. The van der Waals surface area contributed by atoms with E-state index >= 15 is 0 Å². The van der Waals surface area contributed by atoms with Crippen molar-refractivity contribution in [1.29, 1.82) is 0 Å². The van der Waals surface area contributed by atoms with Crippen molar-refractivity contribution < 1.29 is 0 Å². The normalized spacial score (nSPS) is 11.2. The molecule has 0 aliphatic carbocycles. The molecule has 1 heterocycles. The van der Waals surface area contributed by atoms with Gasteiger partial charge in [-0.05, 0) is 57.5 Å². The van der Waals surface area contributed by atoms with E-state index < -0.39 is 0 Å². The number of anilines is 3. The van der Waals surface area contributed by atoms with Crippen LogP contribution in [0.25, 0.3) is 64.9 Å². The summed E-state index contributed by atoms with van der Waals surface area (Å²) < 4.78 is 1.11. The van der Waals surface area contributed by atoms with Crippen molar-refractivity contribution in [3.8, 4) is 44.0 Å². The van der Waals surface area contributed by atoms with Crippen LogP contribution in [-0.2, 0) is 0 Å². The Morgan fingerprint density at radius 1 is 0.471 bits per heavy atom. The quantitative estimate of drug-likeness (QED) is 0.168. The number of thiol groups is 1. The highest BCUT2D eigenvalue weighted by atomic mass is 32.1. The molecule has 0 atom stereocenters. The van der Waals surface area contributed by atoms with Gasteiger partial charge in [0.1, 0.15) is 5.01 Å². The third-order valence-electron chi connectivity index (χ3n) is 9.40. The fourth-order valence-electron chi connectivity index (χ4n) is 7.01. The van der Waals surface area contributed by atoms with E-state index in [2.05, 4.69) is 187 Å². The molecule has 1 aromatic heterocycles. The van der Waals surface area contributed by atoms with Crippen LogP contribution in [0.2, 0.25) is 0 Å². The van der Waals surface area contributed by atoms with Gasteiger partial charge in [0.2, 0.25) is 0 Å². The molecule has 51 heavy (non-hydrogen) atoms. The molecule has 9 rings (SSSR count). The van der Waals surface area contributed by atoms with Gasteiger partial charge in [0, 0.05) is 27.1 Å². The summed E-state index contributed by atoms with van der Waals surface area (Å²) in [5, 5.41) is 3.34. The Morgan fingerprint density at radius 3 is 1.65 bits per heavy atom. The second kappa shape index (κ2) is 13.4. The van der Waals surface area contributed by atoms with Crippen molar-refractivity contribution in [2.75, 3.05) is 4.90 Å². The van der Waals surface area contributed by atoms with Gasteiger partial charge in [-0.3, -0.25) is 0 Å². The van der Waals surface area contributed by atoms with Crippen LogP contribution < -0.4 is 4.90 Å². The predicted octanol–water partition coefficient (Wildman–Crippen LogP) is 13.9. The maximum atomic E-state index is 5.22. The summed E-state index contributed by atoms with van der Waals surface area (Å²) in [6, 6.07) is 66.6. The van der Waals surface area contributed by atoms with Gasteiger partial charge in [0.15, 0.2) is 0 Å². The van der Waals surface area contributed by atoms with Crippen LogP contribution in [0, 0.1) is 0 Å². The van der Waals surface area contributed by atoms with Crippen molar-refractivity contribution in [2.24, 2.45) is 0 Å². The van der Waals surface area contributed by atoms with E-state index in [1.54, 1.807) is 11.3 Å². The van der Waals surface area contributed by atoms with E-state index in [-0.39, 0.29) is 0 Å². The summed E-state index contributed by atoms with van der Waals surface area (Å²) in [6.45, 7) is 0. The van der Waals surface area contributed by atoms with Crippen molar-refractivity contribution in [3.63, 3.8) is 0 Å². The Morgan fingerprint density at radius 2 is 1.00 bits per heavy atom. The molecule has 0 N–H and O–H groups in total. The van der Waals surface area contributed by atoms with E-state index in [4.69, 9.17) is 17.6 Å². The molecular formula is C47H32N2S2. The Bertz CT molecular complexity index is 2620. The summed E-state index contributed by atoms with van der Waals surface area (Å²) in [6.07, 6.45) is 0. The lowest BCUT2D eigenvalue weighted by Crippen LogP contribution is -2.12. The molecule has 0 radical (unpaired) electrons. The Labute approximate surface area is 307 Å². The Hall–Kier alpha value is -5.94. The average Bonchev–Trinajstić information content (AvgIpc) is 3.63. The monoisotopic (exact) mass is 688 g/mol. The fraction of sp³-hybridized carbons (Fsp3) is 0. The van der Waals surface area contributed by atoms with Gasteiger partial charge in [-0.2, -0.15) is 0 Å². The lowest BCUT2D eigenvalue weighted by molar-refractivity contribution is 1.29. The van der Waals surface area contributed by atoms with Crippen LogP contribution in [0.3, 0.4) is 0 Å². The van der Waals surface area contributed by atoms with Crippen LogP contribution in [0.5, 0.6) is 0 Å². The van der Waals surface area contributed by atoms with Crippen LogP contribution in [0.4, 0.5) is 17.1 Å². The number of thiazole rings is 1. The van der Waals surface area contributed by atoms with Gasteiger partial charge in [-0.15, -0.1) is 24.0 Å². The van der Waals surface area contributed by atoms with Crippen LogP contribution >= 0.6 is 24.0 Å². The SMILES string of the molecule is Sc1cc2nc(-c3ccccc3)sc2c(N(c2ccc(-c3ccccc3)cc2)c2ccc(-c3ccccc3)c3ccccc23)c1-c1ccccc1. The molecule has 0 aliphatic heterocycles. The third-order valence-corrected chi connectivity index (χ3v) is 10.9. The Balaban J connectivity index is 1.37. The first-order valence-corrected chi connectivity index (χ1v) is 18.3. The minimum absolute atomic E-state index is 0.879. The molecule has 0 amide bonds. The zero-order valence-corrected chi connectivity index (χ0v) is 29.4. The number of hydrogen-bond donors (Lipinski definition) is 1. The predicted molar refractivity (Wildman–Crippen MR) is 221 cm³/mol. The first kappa shape index (κ1) is 31.1. The maximum absolute atomic E-state index is 5.22. The standard InChI is InChI=1S/C47H32N2S2/c50-43-31-41-46(51-47(48-41)36-21-11-4-12-22-36)45(44(43)35-19-9-3-10-20-35)49(37-27-25-33(26-28-37)32-15-5-1-6-16-32)42-30-29-38(34-17-7-2-8-18-34)39-23-13-14-24-40(39)42/h1-31,50H. The van der Waals surface area contributed by atoms with Gasteiger partial charge in [0.05, 0.1) is 21.6 Å². The van der Waals surface area contributed by atoms with E-state index in [1.807, 2.05) is 6.07 Å². The maximum Gasteiger partial charge on any atom is 0.124 e. The fourth-order valence-corrected chi connectivity index (χ4v) is 8.46. The molecule has 2 nitrogen and oxygen atoms in total. The van der Waals surface area contributed by atoms with Gasteiger partial charge in [-0.25, -0.2) is 4.98 Å². The van der Waals surface area contributed by atoms with Crippen molar-refractivity contribution in [1.82, 2.24) is 4.98 Å². The van der Waals surface area contributed by atoms with Crippen LogP contribution in [0.1, 0.15) is 0 Å². The minimum atomic E-state index is 0.879. The summed E-state index contributed by atoms with van der Waals surface area (Å²) >= 11 is 6.94. The van der Waals surface area contributed by atoms with Gasteiger partial charge >= 0.3 is 0 Å². The van der Waals surface area contributed by atoms with Gasteiger partial charge in [0.25, 0.3) is 0 Å². The summed E-state index contributed by atoms with van der Waals surface area (Å²) in [4.78, 5) is 8.53. The highest BCUT2D eigenvalue weighted by Crippen LogP contribution is 2.52. The molecule has 0 spiro atoms. The lowest BCUT2D eigenvalue weighted by atomic mass is 9.95. The number of benzene rings is 8. The number of fused-ring (bicyclic) bond motifs is 2. The first-order valence-electron chi connectivity index (χ1n) is 17.0. The summed E-state index contributed by atoms with van der Waals surface area (Å²) in [5.41, 5.74) is 12.2. The summed E-state index contributed by atoms with van der Waals surface area (Å²) in [5.74, 6) is 0. The van der Waals surface area contributed by atoms with Crippen molar-refractivity contribution >= 4 is 62.0 Å². The van der Waals surface area contributed by atoms with Crippen molar-refractivity contribution in [2.45, 2.75) is 4.90 Å². The number of nitrogens with zero attached hydrogens (tertiary/aromatic N) is 2. The largest absolute Gasteiger partial charge is 0.308 e. The third kappa shape index (κ3) is 5.79. The number of aromatic nitrogens is 1. The number of rotatable bonds is 7. The van der Waals surface area contributed by atoms with Crippen molar-refractivity contribution in [3.05, 3.63) is 188 Å². The number of hydrogen-bond acceptors (Lipinski definition) is 4. The molecule has 0 bridgehead atoms. The minimum Gasteiger partial charge on any atom is -0.308 e. The van der Waals surface area contributed by atoms with Gasteiger partial charge in [-0.1, -0.05) is 164 Å². The first-order chi connectivity index (χ1) is 25.2. The molecule has 0 saturated heterocycles. The molecule has 0 unspecified atom stereocenters. The zero-order valence-electron chi connectivity index (χ0n) is 27.6. The summed E-state index contributed by atoms with van der Waals surface area (Å²) in [7, 11) is 0. The molecule has 242 valence electrons. The van der Waals surface area contributed by atoms with E-state index in [9.17, 15) is 0 Å². The molecule has 0 fully saturated rings. The highest BCUT2D eigenvalue weighted by molar-refractivity contribution is 7.80. The van der Waals surface area contributed by atoms with E-state index in [1.165, 1.54) is 27.6 Å². The van der Waals surface area contributed by atoms with Gasteiger partial charge < -0.3 is 4.90 Å². The van der Waals surface area contributed by atoms with Crippen LogP contribution in [0.15, 0.2) is 193 Å². The topological polar surface area (TPSA) is 16.1 Å².